The normalized spacial score (nSPS) is 11.0. The molecule has 0 radical (unpaired) electrons. The number of benzene rings is 5. The number of rotatable bonds is 12. The van der Waals surface area contributed by atoms with E-state index in [-0.39, 0.29) is 172 Å². The Morgan fingerprint density at radius 2 is 1.00 bits per heavy atom. The minimum absolute atomic E-state index is 0. The molecule has 0 aromatic heterocycles. The molecule has 26 heteroatoms. The Balaban J connectivity index is 0.00000364. The molecule has 54 heavy (non-hydrogen) atoms. The SMILES string of the molecule is O=C(Nc1cc(SOO[O-])cc2cc(S(=O)(=O)[O-])cc(O)c12)c1cccc(C(=O)Nc2cc(S(=O)(=O)[O-])cc3cc(SOO[O-])cc(O)c23)c1.[Na+].[Na+].[Na+].[Na+]. The van der Waals surface area contributed by atoms with Crippen LogP contribution in [0.5, 0.6) is 11.5 Å². The van der Waals surface area contributed by atoms with Gasteiger partial charge in [0.05, 0.1) is 45.3 Å². The molecule has 5 rings (SSSR count). The van der Waals surface area contributed by atoms with E-state index in [4.69, 9.17) is 0 Å². The third-order valence-electron chi connectivity index (χ3n) is 6.73. The molecule has 0 unspecified atom stereocenters. The van der Waals surface area contributed by atoms with Gasteiger partial charge in [-0.1, -0.05) is 6.07 Å². The summed E-state index contributed by atoms with van der Waals surface area (Å²) in [5.74, 6) is -3.01. The molecule has 18 nitrogen and oxygen atoms in total. The van der Waals surface area contributed by atoms with Crippen molar-refractivity contribution in [3.8, 4) is 11.5 Å². The Bertz CT molecular complexity index is 2410. The predicted molar refractivity (Wildman–Crippen MR) is 166 cm³/mol. The van der Waals surface area contributed by atoms with Crippen LogP contribution in [0, 0.1) is 0 Å². The fraction of sp³-hybridized carbons (Fsp3) is 0. The molecule has 0 aliphatic carbocycles. The van der Waals surface area contributed by atoms with Gasteiger partial charge in [-0.15, -0.1) is 0 Å². The molecule has 5 aromatic carbocycles. The van der Waals surface area contributed by atoms with Crippen LogP contribution in [0.25, 0.3) is 21.5 Å². The zero-order chi connectivity index (χ0) is 36.4. The van der Waals surface area contributed by atoms with Crippen molar-refractivity contribution in [3.05, 3.63) is 83.9 Å². The summed E-state index contributed by atoms with van der Waals surface area (Å²) in [6, 6.07) is 13.1. The van der Waals surface area contributed by atoms with Crippen LogP contribution in [-0.4, -0.2) is 48.0 Å². The molecule has 0 aliphatic rings. The number of phenolic OH excluding ortho intramolecular Hbond substituents is 2. The fourth-order valence-corrected chi connectivity index (χ4v) is 6.71. The number of carbonyl (C=O) groups excluding carboxylic acids is 2. The second kappa shape index (κ2) is 22.0. The molecule has 2 amide bonds. The van der Waals surface area contributed by atoms with E-state index in [1.807, 2.05) is 0 Å². The summed E-state index contributed by atoms with van der Waals surface area (Å²) in [6.45, 7) is 0. The first kappa shape index (κ1) is 51.5. The Hall–Kier alpha value is -0.560. The van der Waals surface area contributed by atoms with Crippen LogP contribution in [0.3, 0.4) is 0 Å². The van der Waals surface area contributed by atoms with Gasteiger partial charge < -0.3 is 40.5 Å². The average Bonchev–Trinajstić information content (AvgIpc) is 3.05. The summed E-state index contributed by atoms with van der Waals surface area (Å²) in [4.78, 5) is 25.3. The number of nitrogens with one attached hydrogen (secondary N) is 2. The van der Waals surface area contributed by atoms with Gasteiger partial charge in [0, 0.05) is 31.7 Å². The zero-order valence-corrected chi connectivity index (χ0v) is 39.4. The first-order chi connectivity index (χ1) is 23.6. The fourth-order valence-electron chi connectivity index (χ4n) is 4.76. The summed E-state index contributed by atoms with van der Waals surface area (Å²) >= 11 is 0.726. The molecule has 0 saturated carbocycles. The molecular weight excluding hydrogens is 841 g/mol. The number of carbonyl (C=O) groups is 2. The van der Waals surface area contributed by atoms with Crippen LogP contribution in [0.1, 0.15) is 20.7 Å². The van der Waals surface area contributed by atoms with Crippen molar-refractivity contribution in [1.82, 2.24) is 0 Å². The summed E-state index contributed by atoms with van der Waals surface area (Å²) in [5.41, 5.74) is -0.773. The van der Waals surface area contributed by atoms with E-state index in [1.165, 1.54) is 36.4 Å². The van der Waals surface area contributed by atoms with Crippen LogP contribution >= 0.6 is 24.1 Å². The van der Waals surface area contributed by atoms with Gasteiger partial charge in [0.25, 0.3) is 11.8 Å². The number of amides is 2. The maximum Gasteiger partial charge on any atom is 1.00 e. The van der Waals surface area contributed by atoms with Gasteiger partial charge in [-0.25, -0.2) is 16.8 Å². The quantitative estimate of drug-likeness (QED) is 0.0298. The molecule has 262 valence electrons. The van der Waals surface area contributed by atoms with Crippen LogP contribution in [0.2, 0.25) is 0 Å². The largest absolute Gasteiger partial charge is 1.00 e. The van der Waals surface area contributed by atoms with E-state index in [1.54, 1.807) is 0 Å². The smallest absolute Gasteiger partial charge is 0.744 e. The van der Waals surface area contributed by atoms with Gasteiger partial charge in [-0.05, 0) is 77.5 Å². The third kappa shape index (κ3) is 12.7. The molecule has 5 aromatic rings. The maximum atomic E-state index is 13.4. The summed E-state index contributed by atoms with van der Waals surface area (Å²) in [7, 11) is -10.1. The van der Waals surface area contributed by atoms with Gasteiger partial charge in [-0.2, -0.15) is 8.67 Å². The van der Waals surface area contributed by atoms with Crippen molar-refractivity contribution in [2.45, 2.75) is 19.6 Å². The molecule has 0 heterocycles. The van der Waals surface area contributed by atoms with E-state index < -0.39 is 53.3 Å². The van der Waals surface area contributed by atoms with Crippen molar-refractivity contribution in [2.24, 2.45) is 0 Å². The van der Waals surface area contributed by atoms with E-state index in [0.717, 1.165) is 30.3 Å². The molecule has 0 bridgehead atoms. The van der Waals surface area contributed by atoms with Crippen LogP contribution in [0.4, 0.5) is 11.4 Å². The first-order valence-corrected chi connectivity index (χ1v) is 17.4. The Morgan fingerprint density at radius 3 is 1.44 bits per heavy atom. The van der Waals surface area contributed by atoms with E-state index in [9.17, 15) is 56.3 Å². The molecule has 4 N–H and O–H groups in total. The Labute approximate surface area is 402 Å². The van der Waals surface area contributed by atoms with Crippen molar-refractivity contribution >= 4 is 89.1 Å². The minimum atomic E-state index is -5.09. The van der Waals surface area contributed by atoms with E-state index >= 15 is 0 Å². The van der Waals surface area contributed by atoms with Gasteiger partial charge >= 0.3 is 118 Å². The standard InChI is InChI=1S/C28H20N2O16S4.4Na/c31-23-10-18(48-46-44-36)6-16-7-19(49(37,38)39)11-22(26(16)23)30-28(34)14-3-1-2-13(4-14)27(33)29-21-9-17(47-45-43-35)5-15-8-20(50(40,41)42)12-24(32)25(15)21;;;;/h1-12,31-32,35-36H,(H,29,33)(H,30,34)(H,37,38,39)(H,40,41,42);;;;/q;4*+1/p-4. The van der Waals surface area contributed by atoms with Gasteiger partial charge in [-0.3, -0.25) is 19.7 Å². The van der Waals surface area contributed by atoms with E-state index in [0.29, 0.717) is 30.2 Å². The maximum absolute atomic E-state index is 13.4. The topological polar surface area (TPSA) is 296 Å². The molecule has 0 atom stereocenters. The van der Waals surface area contributed by atoms with E-state index in [2.05, 4.69) is 29.4 Å². The second-order valence-corrected chi connectivity index (χ2v) is 14.2. The van der Waals surface area contributed by atoms with Crippen LogP contribution in [0.15, 0.2) is 92.4 Å². The van der Waals surface area contributed by atoms with Gasteiger partial charge in [0.1, 0.15) is 31.7 Å². The minimum Gasteiger partial charge on any atom is -0.744 e. The number of hydrogen-bond acceptors (Lipinski definition) is 18. The number of hydrogen-bond donors (Lipinski definition) is 4. The zero-order valence-electron chi connectivity index (χ0n) is 28.2. The molecule has 0 aliphatic heterocycles. The van der Waals surface area contributed by atoms with Crippen molar-refractivity contribution in [3.63, 3.8) is 0 Å². The molecule has 0 fully saturated rings. The summed E-state index contributed by atoms with van der Waals surface area (Å²) in [6.07, 6.45) is 0. The summed E-state index contributed by atoms with van der Waals surface area (Å²) < 4.78 is 78.9. The average molecular weight is 857 g/mol. The summed E-state index contributed by atoms with van der Waals surface area (Å²) in [5, 5.41) is 53.0. The number of aromatic hydroxyl groups is 2. The van der Waals surface area contributed by atoms with Crippen LogP contribution in [-0.2, 0) is 39.0 Å². The Kier molecular flexibility index (Phi) is 21.0. The van der Waals surface area contributed by atoms with Gasteiger partial charge in [0.15, 0.2) is 0 Å². The monoisotopic (exact) mass is 856 g/mol. The van der Waals surface area contributed by atoms with Crippen LogP contribution < -0.4 is 139 Å². The number of phenols is 2. The van der Waals surface area contributed by atoms with Crippen molar-refractivity contribution < 1.29 is 193 Å². The molecular formula is C28H16N2Na4O16S4. The Morgan fingerprint density at radius 1 is 0.593 bits per heavy atom. The number of anilines is 2. The van der Waals surface area contributed by atoms with Crippen molar-refractivity contribution in [1.29, 1.82) is 0 Å². The first-order valence-electron chi connectivity index (χ1n) is 13.1. The van der Waals surface area contributed by atoms with Gasteiger partial charge in [0.2, 0.25) is 0 Å². The predicted octanol–water partition coefficient (Wildman–Crippen LogP) is -9.81. The molecule has 0 spiro atoms. The van der Waals surface area contributed by atoms with Crippen molar-refractivity contribution in [2.75, 3.05) is 10.6 Å². The second-order valence-electron chi connectivity index (χ2n) is 9.86. The third-order valence-corrected chi connectivity index (χ3v) is 9.46. The number of fused-ring (bicyclic) bond motifs is 2. The molecule has 0 saturated heterocycles.